The standard InChI is InChI=1S/C11H14F2N2O/c12-10(13)6-14-8-2-1-3-9-7(8)4-5-11(16)15-9/h4-5,8,10,14H,1-3,6H2,(H,15,16). The minimum absolute atomic E-state index is 0.0606. The van der Waals surface area contributed by atoms with Gasteiger partial charge in [-0.3, -0.25) is 4.79 Å². The monoisotopic (exact) mass is 228 g/mol. The van der Waals surface area contributed by atoms with Crippen molar-refractivity contribution in [2.24, 2.45) is 0 Å². The number of aromatic nitrogens is 1. The van der Waals surface area contributed by atoms with Crippen molar-refractivity contribution in [2.45, 2.75) is 31.7 Å². The Morgan fingerprint density at radius 1 is 1.50 bits per heavy atom. The van der Waals surface area contributed by atoms with E-state index in [2.05, 4.69) is 10.3 Å². The lowest BCUT2D eigenvalue weighted by molar-refractivity contribution is 0.140. The quantitative estimate of drug-likeness (QED) is 0.825. The van der Waals surface area contributed by atoms with Gasteiger partial charge >= 0.3 is 0 Å². The average molecular weight is 228 g/mol. The van der Waals surface area contributed by atoms with Crippen LogP contribution in [-0.2, 0) is 6.42 Å². The maximum Gasteiger partial charge on any atom is 0.250 e. The van der Waals surface area contributed by atoms with Crippen molar-refractivity contribution in [2.75, 3.05) is 6.54 Å². The van der Waals surface area contributed by atoms with Crippen LogP contribution in [0.5, 0.6) is 0 Å². The van der Waals surface area contributed by atoms with E-state index in [9.17, 15) is 13.6 Å². The fourth-order valence-corrected chi connectivity index (χ4v) is 2.14. The molecule has 0 fully saturated rings. The van der Waals surface area contributed by atoms with Crippen molar-refractivity contribution in [3.63, 3.8) is 0 Å². The Morgan fingerprint density at radius 3 is 3.06 bits per heavy atom. The van der Waals surface area contributed by atoms with Gasteiger partial charge in [-0.25, -0.2) is 8.78 Å². The molecule has 0 saturated heterocycles. The van der Waals surface area contributed by atoms with Crippen LogP contribution in [0.2, 0.25) is 0 Å². The van der Waals surface area contributed by atoms with Gasteiger partial charge in [0, 0.05) is 17.8 Å². The fourth-order valence-electron chi connectivity index (χ4n) is 2.14. The Labute approximate surface area is 91.9 Å². The van der Waals surface area contributed by atoms with Gasteiger partial charge in [0.15, 0.2) is 0 Å². The molecule has 0 spiro atoms. The van der Waals surface area contributed by atoms with Crippen molar-refractivity contribution < 1.29 is 8.78 Å². The van der Waals surface area contributed by atoms with Crippen LogP contribution in [0.3, 0.4) is 0 Å². The predicted molar refractivity (Wildman–Crippen MR) is 56.7 cm³/mol. The number of H-pyrrole nitrogens is 1. The molecule has 1 atom stereocenters. The third kappa shape index (κ3) is 2.47. The first kappa shape index (κ1) is 11.3. The number of hydrogen-bond donors (Lipinski definition) is 2. The zero-order valence-corrected chi connectivity index (χ0v) is 8.80. The number of rotatable bonds is 3. The fraction of sp³-hybridized carbons (Fsp3) is 0.545. The number of hydrogen-bond acceptors (Lipinski definition) is 2. The van der Waals surface area contributed by atoms with Crippen LogP contribution in [0, 0.1) is 0 Å². The summed E-state index contributed by atoms with van der Waals surface area (Å²) in [7, 11) is 0. The summed E-state index contributed by atoms with van der Waals surface area (Å²) in [5.74, 6) is 0. The van der Waals surface area contributed by atoms with Crippen molar-refractivity contribution in [3.8, 4) is 0 Å². The van der Waals surface area contributed by atoms with Crippen molar-refractivity contribution in [1.82, 2.24) is 10.3 Å². The summed E-state index contributed by atoms with van der Waals surface area (Å²) in [5, 5.41) is 2.82. The van der Waals surface area contributed by atoms with Gasteiger partial charge < -0.3 is 10.3 Å². The minimum Gasteiger partial charge on any atom is -0.326 e. The normalized spacial score (nSPS) is 19.8. The molecule has 1 aliphatic carbocycles. The van der Waals surface area contributed by atoms with E-state index >= 15 is 0 Å². The molecule has 3 nitrogen and oxygen atoms in total. The molecule has 2 rings (SSSR count). The maximum atomic E-state index is 12.1. The molecule has 0 aromatic carbocycles. The second-order valence-electron chi connectivity index (χ2n) is 4.00. The largest absolute Gasteiger partial charge is 0.326 e. The van der Waals surface area contributed by atoms with Crippen LogP contribution < -0.4 is 10.9 Å². The molecule has 1 aromatic rings. The summed E-state index contributed by atoms with van der Waals surface area (Å²) in [6.45, 7) is -0.302. The molecule has 2 N–H and O–H groups in total. The number of aromatic amines is 1. The number of nitrogens with one attached hydrogen (secondary N) is 2. The summed E-state index contributed by atoms with van der Waals surface area (Å²) in [5.41, 5.74) is 1.70. The summed E-state index contributed by atoms with van der Waals surface area (Å²) in [6.07, 6.45) is 0.228. The van der Waals surface area contributed by atoms with Crippen LogP contribution in [0.4, 0.5) is 8.78 Å². The van der Waals surface area contributed by atoms with E-state index in [0.717, 1.165) is 30.5 Å². The van der Waals surface area contributed by atoms with E-state index in [4.69, 9.17) is 0 Å². The third-order valence-electron chi connectivity index (χ3n) is 2.85. The Balaban J connectivity index is 2.16. The summed E-state index contributed by atoms with van der Waals surface area (Å²) >= 11 is 0. The Hall–Kier alpha value is -1.23. The maximum absolute atomic E-state index is 12.1. The molecule has 1 unspecified atom stereocenters. The lowest BCUT2D eigenvalue weighted by atomic mass is 9.91. The molecule has 0 amide bonds. The molecule has 5 heteroatoms. The first-order valence-corrected chi connectivity index (χ1v) is 5.40. The molecule has 16 heavy (non-hydrogen) atoms. The molecule has 1 aromatic heterocycles. The predicted octanol–water partition coefficient (Wildman–Crippen LogP) is 1.61. The average Bonchev–Trinajstić information content (AvgIpc) is 2.25. The molecule has 0 aliphatic heterocycles. The zero-order chi connectivity index (χ0) is 11.5. The first-order valence-electron chi connectivity index (χ1n) is 5.40. The van der Waals surface area contributed by atoms with Gasteiger partial charge in [0.25, 0.3) is 6.43 Å². The highest BCUT2D eigenvalue weighted by molar-refractivity contribution is 5.26. The Kier molecular flexibility index (Phi) is 3.33. The van der Waals surface area contributed by atoms with Gasteiger partial charge in [0.05, 0.1) is 6.54 Å². The number of pyridine rings is 1. The molecule has 0 bridgehead atoms. The highest BCUT2D eigenvalue weighted by Crippen LogP contribution is 2.27. The Morgan fingerprint density at radius 2 is 2.31 bits per heavy atom. The first-order chi connectivity index (χ1) is 7.66. The van der Waals surface area contributed by atoms with E-state index < -0.39 is 6.43 Å². The lowest BCUT2D eigenvalue weighted by Gasteiger charge is -2.25. The second kappa shape index (κ2) is 4.74. The van der Waals surface area contributed by atoms with E-state index in [1.54, 1.807) is 6.07 Å². The Bertz CT molecular complexity index is 417. The van der Waals surface area contributed by atoms with Gasteiger partial charge in [0.2, 0.25) is 5.56 Å². The minimum atomic E-state index is -2.34. The van der Waals surface area contributed by atoms with E-state index in [-0.39, 0.29) is 18.1 Å². The summed E-state index contributed by atoms with van der Waals surface area (Å²) in [4.78, 5) is 13.9. The van der Waals surface area contributed by atoms with Crippen LogP contribution in [-0.4, -0.2) is 18.0 Å². The highest BCUT2D eigenvalue weighted by atomic mass is 19.3. The molecule has 1 aliphatic rings. The van der Waals surface area contributed by atoms with Crippen LogP contribution in [0.25, 0.3) is 0 Å². The molecule has 0 radical (unpaired) electrons. The molecule has 0 saturated carbocycles. The topological polar surface area (TPSA) is 44.9 Å². The summed E-state index contributed by atoms with van der Waals surface area (Å²) in [6, 6.07) is 3.12. The second-order valence-corrected chi connectivity index (χ2v) is 4.00. The molecule has 88 valence electrons. The number of alkyl halides is 2. The number of fused-ring (bicyclic) bond motifs is 1. The highest BCUT2D eigenvalue weighted by Gasteiger charge is 2.21. The molecular formula is C11H14F2N2O. The van der Waals surface area contributed by atoms with Crippen molar-refractivity contribution in [1.29, 1.82) is 0 Å². The van der Waals surface area contributed by atoms with Gasteiger partial charge in [-0.2, -0.15) is 0 Å². The van der Waals surface area contributed by atoms with Gasteiger partial charge in [0.1, 0.15) is 0 Å². The molecule has 1 heterocycles. The smallest absolute Gasteiger partial charge is 0.250 e. The SMILES string of the molecule is O=c1ccc2c([nH]1)CCCC2NCC(F)F. The van der Waals surface area contributed by atoms with Crippen LogP contribution in [0.15, 0.2) is 16.9 Å². The van der Waals surface area contributed by atoms with E-state index in [0.29, 0.717) is 0 Å². The number of aryl methyl sites for hydroxylation is 1. The lowest BCUT2D eigenvalue weighted by Crippen LogP contribution is -2.30. The molecular weight excluding hydrogens is 214 g/mol. The van der Waals surface area contributed by atoms with Gasteiger partial charge in [-0.1, -0.05) is 6.07 Å². The van der Waals surface area contributed by atoms with E-state index in [1.165, 1.54) is 6.07 Å². The van der Waals surface area contributed by atoms with Crippen LogP contribution >= 0.6 is 0 Å². The van der Waals surface area contributed by atoms with E-state index in [1.807, 2.05) is 0 Å². The van der Waals surface area contributed by atoms with Crippen molar-refractivity contribution >= 4 is 0 Å². The van der Waals surface area contributed by atoms with Gasteiger partial charge in [-0.15, -0.1) is 0 Å². The number of halogens is 2. The van der Waals surface area contributed by atoms with Crippen molar-refractivity contribution in [3.05, 3.63) is 33.7 Å². The zero-order valence-electron chi connectivity index (χ0n) is 8.80. The van der Waals surface area contributed by atoms with Crippen LogP contribution in [0.1, 0.15) is 30.1 Å². The van der Waals surface area contributed by atoms with Gasteiger partial charge in [-0.05, 0) is 24.8 Å². The third-order valence-corrected chi connectivity index (χ3v) is 2.85. The summed E-state index contributed by atoms with van der Waals surface area (Å²) < 4.78 is 24.2.